The maximum Gasteiger partial charge on any atom is 0.258 e. The van der Waals surface area contributed by atoms with E-state index in [4.69, 9.17) is 27.9 Å². The molecular formula is C26H27Cl2N3O2. The third-order valence-corrected chi connectivity index (χ3v) is 6.46. The van der Waals surface area contributed by atoms with Gasteiger partial charge in [-0.25, -0.2) is 0 Å². The number of halogens is 2. The van der Waals surface area contributed by atoms with Crippen LogP contribution in [0.4, 0.5) is 0 Å². The van der Waals surface area contributed by atoms with E-state index in [2.05, 4.69) is 11.0 Å². The van der Waals surface area contributed by atoms with Crippen molar-refractivity contribution < 1.29 is 9.53 Å². The number of carbonyl (C=O) groups is 1. The average molecular weight is 484 g/mol. The summed E-state index contributed by atoms with van der Waals surface area (Å²) >= 11 is 12.4. The van der Waals surface area contributed by atoms with E-state index in [1.54, 1.807) is 24.1 Å². The van der Waals surface area contributed by atoms with E-state index in [9.17, 15) is 10.1 Å². The van der Waals surface area contributed by atoms with Crippen molar-refractivity contribution in [2.45, 2.75) is 12.3 Å². The van der Waals surface area contributed by atoms with Gasteiger partial charge in [0.15, 0.2) is 0 Å². The minimum Gasteiger partial charge on any atom is -0.495 e. The summed E-state index contributed by atoms with van der Waals surface area (Å²) in [5.74, 6) is 0.148. The van der Waals surface area contributed by atoms with Gasteiger partial charge in [0.05, 0.1) is 28.3 Å². The normalized spacial score (nSPS) is 11.9. The van der Waals surface area contributed by atoms with Crippen LogP contribution in [0.1, 0.15) is 33.8 Å². The Labute approximate surface area is 205 Å². The van der Waals surface area contributed by atoms with Crippen LogP contribution < -0.4 is 4.74 Å². The largest absolute Gasteiger partial charge is 0.495 e. The number of amides is 1. The van der Waals surface area contributed by atoms with Gasteiger partial charge in [0.1, 0.15) is 11.8 Å². The molecule has 3 aromatic carbocycles. The molecule has 1 amide bonds. The fraction of sp³-hybridized carbons (Fsp3) is 0.308. The number of likely N-dealkylation sites (N-methyl/N-ethyl adjacent to an activating group) is 1. The molecule has 3 aromatic rings. The first kappa shape index (κ1) is 24.9. The maximum absolute atomic E-state index is 13.7. The zero-order valence-electron chi connectivity index (χ0n) is 19.2. The number of nitriles is 1. The van der Waals surface area contributed by atoms with Crippen molar-refractivity contribution in [2.24, 2.45) is 0 Å². The van der Waals surface area contributed by atoms with E-state index in [0.29, 0.717) is 33.5 Å². The van der Waals surface area contributed by atoms with Crippen LogP contribution >= 0.6 is 23.2 Å². The van der Waals surface area contributed by atoms with Crippen LogP contribution in [0, 0.1) is 11.3 Å². The first-order valence-corrected chi connectivity index (χ1v) is 11.4. The molecule has 0 fully saturated rings. The molecule has 0 saturated carbocycles. The molecule has 33 heavy (non-hydrogen) atoms. The van der Waals surface area contributed by atoms with Crippen molar-refractivity contribution >= 4 is 39.9 Å². The van der Waals surface area contributed by atoms with E-state index in [-0.39, 0.29) is 11.8 Å². The first-order chi connectivity index (χ1) is 15.8. The van der Waals surface area contributed by atoms with Gasteiger partial charge in [0.2, 0.25) is 0 Å². The quantitative estimate of drug-likeness (QED) is 0.404. The molecular weight excluding hydrogens is 457 g/mol. The number of carbonyl (C=O) groups excluding carboxylic acids is 1. The number of fused-ring (bicyclic) bond motifs is 1. The number of nitrogens with zero attached hydrogens (tertiary/aromatic N) is 3. The Morgan fingerprint density at radius 1 is 1.09 bits per heavy atom. The molecule has 5 nitrogen and oxygen atoms in total. The lowest BCUT2D eigenvalue weighted by atomic mass is 9.94. The second-order valence-electron chi connectivity index (χ2n) is 8.31. The number of ether oxygens (including phenoxy) is 1. The predicted octanol–water partition coefficient (Wildman–Crippen LogP) is 5.83. The van der Waals surface area contributed by atoms with Crippen molar-refractivity contribution in [2.75, 3.05) is 41.3 Å². The van der Waals surface area contributed by atoms with Crippen LogP contribution in [0.5, 0.6) is 5.75 Å². The molecule has 0 N–H and O–H groups in total. The summed E-state index contributed by atoms with van der Waals surface area (Å²) in [7, 11) is 7.30. The molecule has 0 bridgehead atoms. The second-order valence-corrected chi connectivity index (χ2v) is 9.13. The highest BCUT2D eigenvalue weighted by atomic mass is 35.5. The molecule has 7 heteroatoms. The van der Waals surface area contributed by atoms with Gasteiger partial charge in [0.25, 0.3) is 5.91 Å². The highest BCUT2D eigenvalue weighted by Gasteiger charge is 2.25. The lowest BCUT2D eigenvalue weighted by molar-refractivity contribution is 0.0782. The Balaban J connectivity index is 2.00. The predicted molar refractivity (Wildman–Crippen MR) is 135 cm³/mol. The van der Waals surface area contributed by atoms with Crippen molar-refractivity contribution in [3.05, 3.63) is 75.3 Å². The lowest BCUT2D eigenvalue weighted by Crippen LogP contribution is -2.32. The average Bonchev–Trinajstić information content (AvgIpc) is 2.81. The van der Waals surface area contributed by atoms with Crippen molar-refractivity contribution in [3.8, 4) is 11.8 Å². The fourth-order valence-corrected chi connectivity index (χ4v) is 4.29. The summed E-state index contributed by atoms with van der Waals surface area (Å²) in [6, 6.07) is 17.0. The molecule has 0 aliphatic heterocycles. The Bertz CT molecular complexity index is 1200. The van der Waals surface area contributed by atoms with E-state index in [1.165, 1.54) is 7.11 Å². The molecule has 172 valence electrons. The first-order valence-electron chi connectivity index (χ1n) is 10.6. The molecule has 0 unspecified atom stereocenters. The van der Waals surface area contributed by atoms with Crippen molar-refractivity contribution in [1.29, 1.82) is 5.26 Å². The smallest absolute Gasteiger partial charge is 0.258 e. The third-order valence-electron chi connectivity index (χ3n) is 5.72. The molecule has 0 aromatic heterocycles. The SMILES string of the molecule is COc1c(C#N)cc2ccccc2c1C(=O)N(C)C[C@@H](CCN(C)C)c1ccc(Cl)c(Cl)c1. The molecule has 1 atom stereocenters. The van der Waals surface area contributed by atoms with Gasteiger partial charge >= 0.3 is 0 Å². The highest BCUT2D eigenvalue weighted by Crippen LogP contribution is 2.34. The highest BCUT2D eigenvalue weighted by molar-refractivity contribution is 6.42. The lowest BCUT2D eigenvalue weighted by Gasteiger charge is -2.27. The summed E-state index contributed by atoms with van der Waals surface area (Å²) in [6.45, 7) is 1.32. The molecule has 0 radical (unpaired) electrons. The molecule has 0 saturated heterocycles. The van der Waals surface area contributed by atoms with Gasteiger partial charge in [-0.05, 0) is 61.6 Å². The standard InChI is InChI=1S/C26H27Cl2N3O2/c1-30(2)12-11-19(17-9-10-22(27)23(28)14-17)16-31(3)26(32)24-21-8-6-5-7-18(21)13-20(15-29)25(24)33-4/h5-10,13-14,19H,11-12,16H2,1-4H3/t19-/m1/s1. The topological polar surface area (TPSA) is 56.6 Å². The minimum absolute atomic E-state index is 0.0486. The van der Waals surface area contributed by atoms with E-state index in [0.717, 1.165) is 29.3 Å². The Kier molecular flexibility index (Phi) is 8.20. The second kappa shape index (κ2) is 10.9. The van der Waals surface area contributed by atoms with Crippen LogP contribution in [-0.4, -0.2) is 57.0 Å². The third kappa shape index (κ3) is 5.59. The van der Waals surface area contributed by atoms with Gasteiger partial charge in [-0.1, -0.05) is 53.5 Å². The van der Waals surface area contributed by atoms with Crippen LogP contribution in [-0.2, 0) is 0 Å². The molecule has 0 heterocycles. The molecule has 0 aliphatic rings. The monoisotopic (exact) mass is 483 g/mol. The van der Waals surface area contributed by atoms with E-state index < -0.39 is 0 Å². The Morgan fingerprint density at radius 3 is 2.45 bits per heavy atom. The Hall–Kier alpha value is -2.78. The molecule has 0 aliphatic carbocycles. The summed E-state index contributed by atoms with van der Waals surface area (Å²) in [5.41, 5.74) is 1.75. The summed E-state index contributed by atoms with van der Waals surface area (Å²) in [4.78, 5) is 17.5. The number of rotatable bonds is 8. The zero-order chi connectivity index (χ0) is 24.1. The van der Waals surface area contributed by atoms with Gasteiger partial charge < -0.3 is 14.5 Å². The van der Waals surface area contributed by atoms with E-state index in [1.807, 2.05) is 50.5 Å². The molecule has 0 spiro atoms. The zero-order valence-corrected chi connectivity index (χ0v) is 20.7. The summed E-state index contributed by atoms with van der Waals surface area (Å²) < 4.78 is 5.54. The van der Waals surface area contributed by atoms with Gasteiger partial charge in [0, 0.05) is 19.5 Å². The van der Waals surface area contributed by atoms with Gasteiger partial charge in [-0.2, -0.15) is 5.26 Å². The number of benzene rings is 3. The van der Waals surface area contributed by atoms with Crippen molar-refractivity contribution in [3.63, 3.8) is 0 Å². The number of hydrogen-bond donors (Lipinski definition) is 0. The van der Waals surface area contributed by atoms with E-state index >= 15 is 0 Å². The number of methoxy groups -OCH3 is 1. The number of hydrogen-bond acceptors (Lipinski definition) is 4. The van der Waals surface area contributed by atoms with Crippen molar-refractivity contribution in [1.82, 2.24) is 9.80 Å². The minimum atomic E-state index is -0.199. The molecule has 3 rings (SSSR count). The van der Waals surface area contributed by atoms with Gasteiger partial charge in [-0.3, -0.25) is 4.79 Å². The summed E-state index contributed by atoms with van der Waals surface area (Å²) in [5, 5.41) is 12.2. The van der Waals surface area contributed by atoms with Gasteiger partial charge in [-0.15, -0.1) is 0 Å². The van der Waals surface area contributed by atoms with Crippen LogP contribution in [0.25, 0.3) is 10.8 Å². The van der Waals surface area contributed by atoms with Crippen LogP contribution in [0.2, 0.25) is 10.0 Å². The van der Waals surface area contributed by atoms with Crippen LogP contribution in [0.15, 0.2) is 48.5 Å². The summed E-state index contributed by atoms with van der Waals surface area (Å²) in [6.07, 6.45) is 0.832. The fourth-order valence-electron chi connectivity index (χ4n) is 3.98. The maximum atomic E-state index is 13.7. The van der Waals surface area contributed by atoms with Crippen LogP contribution in [0.3, 0.4) is 0 Å². The Morgan fingerprint density at radius 2 is 1.82 bits per heavy atom.